The third-order valence-electron chi connectivity index (χ3n) is 5.80. The largest absolute Gasteiger partial charge is 0.381 e. The number of fused-ring (bicyclic) bond motifs is 2. The van der Waals surface area contributed by atoms with Gasteiger partial charge in [-0.05, 0) is 60.8 Å². The van der Waals surface area contributed by atoms with Gasteiger partial charge < -0.3 is 4.74 Å². The number of allylic oxidation sites excluding steroid dienone is 2. The Labute approximate surface area is 158 Å². The lowest BCUT2D eigenvalue weighted by molar-refractivity contribution is 0.0558. The van der Waals surface area contributed by atoms with Crippen molar-refractivity contribution in [3.05, 3.63) is 96.1 Å². The van der Waals surface area contributed by atoms with Crippen LogP contribution in [-0.4, -0.2) is 13.2 Å². The highest BCUT2D eigenvalue weighted by Gasteiger charge is 2.25. The van der Waals surface area contributed by atoms with Crippen LogP contribution in [-0.2, 0) is 30.4 Å². The molecule has 0 radical (unpaired) electrons. The number of benzene rings is 2. The average molecular weight is 347 g/mol. The molecule has 136 valence electrons. The zero-order valence-electron chi connectivity index (χ0n) is 15.8. The molecule has 26 heavy (non-hydrogen) atoms. The molecule has 0 bridgehead atoms. The van der Waals surface area contributed by atoms with Crippen LogP contribution in [0, 0.1) is 5.41 Å². The van der Waals surface area contributed by atoms with Crippen molar-refractivity contribution >= 4 is 0 Å². The highest BCUT2D eigenvalue weighted by atomic mass is 16.5. The van der Waals surface area contributed by atoms with Gasteiger partial charge in [-0.2, -0.15) is 0 Å². The second kappa shape index (κ2) is 9.00. The molecule has 1 fully saturated rings. The summed E-state index contributed by atoms with van der Waals surface area (Å²) in [6.07, 6.45) is 11.3. The predicted molar refractivity (Wildman–Crippen MR) is 111 cm³/mol. The van der Waals surface area contributed by atoms with Crippen LogP contribution in [0.5, 0.6) is 0 Å². The van der Waals surface area contributed by atoms with Crippen LogP contribution in [0.1, 0.15) is 35.1 Å². The topological polar surface area (TPSA) is 9.23 Å². The maximum Gasteiger partial charge on any atom is 0.0477 e. The van der Waals surface area contributed by atoms with Gasteiger partial charge in [-0.15, -0.1) is 13.2 Å². The van der Waals surface area contributed by atoms with Gasteiger partial charge in [0.05, 0.1) is 0 Å². The van der Waals surface area contributed by atoms with Gasteiger partial charge in [-0.1, -0.05) is 60.7 Å². The van der Waals surface area contributed by atoms with E-state index in [1.54, 1.807) is 22.3 Å². The molecule has 0 amide bonds. The first-order valence-electron chi connectivity index (χ1n) is 9.75. The molecule has 1 heteroatoms. The van der Waals surface area contributed by atoms with Crippen LogP contribution < -0.4 is 0 Å². The van der Waals surface area contributed by atoms with Gasteiger partial charge in [0.15, 0.2) is 0 Å². The summed E-state index contributed by atoms with van der Waals surface area (Å²) in [7, 11) is 0. The molecule has 2 aromatic carbocycles. The molecule has 0 aromatic heterocycles. The monoisotopic (exact) mass is 346 g/mol. The lowest BCUT2D eigenvalue weighted by Gasteiger charge is -2.30. The fraction of sp³-hybridized carbons (Fsp3) is 0.360. The SMILES string of the molecule is C=CC1(C=C)CCOCC1.c1ccc2c(c1)CC2.c1ccc2c(c1)CC2. The van der Waals surface area contributed by atoms with Gasteiger partial charge >= 0.3 is 0 Å². The molecule has 2 aromatic rings. The molecule has 0 N–H and O–H groups in total. The molecule has 1 nitrogen and oxygen atoms in total. The molecule has 5 rings (SSSR count). The van der Waals surface area contributed by atoms with E-state index < -0.39 is 0 Å². The summed E-state index contributed by atoms with van der Waals surface area (Å²) in [5, 5.41) is 0. The van der Waals surface area contributed by atoms with Crippen LogP contribution >= 0.6 is 0 Å². The Morgan fingerprint density at radius 3 is 1.19 bits per heavy atom. The van der Waals surface area contributed by atoms with Gasteiger partial charge in [-0.25, -0.2) is 0 Å². The molecule has 1 heterocycles. The third-order valence-corrected chi connectivity index (χ3v) is 5.80. The molecule has 3 aliphatic rings. The highest BCUT2D eigenvalue weighted by Crippen LogP contribution is 2.32. The number of ether oxygens (including phenoxy) is 1. The van der Waals surface area contributed by atoms with E-state index in [1.165, 1.54) is 25.7 Å². The fourth-order valence-corrected chi connectivity index (χ4v) is 3.52. The minimum absolute atomic E-state index is 0.165. The van der Waals surface area contributed by atoms with E-state index >= 15 is 0 Å². The lowest BCUT2D eigenvalue weighted by atomic mass is 9.81. The molecule has 1 aliphatic heterocycles. The smallest absolute Gasteiger partial charge is 0.0477 e. The zero-order valence-corrected chi connectivity index (χ0v) is 15.8. The molecule has 0 saturated carbocycles. The molecule has 1 saturated heterocycles. The normalized spacial score (nSPS) is 18.0. The highest BCUT2D eigenvalue weighted by molar-refractivity contribution is 5.35. The van der Waals surface area contributed by atoms with Crippen LogP contribution in [0.3, 0.4) is 0 Å². The van der Waals surface area contributed by atoms with Crippen molar-refractivity contribution in [3.63, 3.8) is 0 Å². The molecular weight excluding hydrogens is 316 g/mol. The van der Waals surface area contributed by atoms with E-state index in [0.29, 0.717) is 0 Å². The van der Waals surface area contributed by atoms with Crippen LogP contribution in [0.15, 0.2) is 73.8 Å². The summed E-state index contributed by atoms with van der Waals surface area (Å²) in [5.41, 5.74) is 6.36. The first-order chi connectivity index (χ1) is 12.8. The Hall–Kier alpha value is -2.12. The van der Waals surface area contributed by atoms with Crippen molar-refractivity contribution < 1.29 is 4.74 Å². The maximum absolute atomic E-state index is 5.23. The second-order valence-corrected chi connectivity index (χ2v) is 7.29. The number of hydrogen-bond donors (Lipinski definition) is 0. The Bertz CT molecular complexity index is 634. The van der Waals surface area contributed by atoms with E-state index in [-0.39, 0.29) is 5.41 Å². The summed E-state index contributed by atoms with van der Waals surface area (Å²) < 4.78 is 5.23. The molecule has 0 atom stereocenters. The van der Waals surface area contributed by atoms with Crippen molar-refractivity contribution in [1.29, 1.82) is 0 Å². The maximum atomic E-state index is 5.23. The van der Waals surface area contributed by atoms with Crippen molar-refractivity contribution in [1.82, 2.24) is 0 Å². The molecule has 2 aliphatic carbocycles. The van der Waals surface area contributed by atoms with E-state index in [9.17, 15) is 0 Å². The first-order valence-corrected chi connectivity index (χ1v) is 9.75. The Morgan fingerprint density at radius 1 is 0.654 bits per heavy atom. The first kappa shape index (κ1) is 18.7. The standard InChI is InChI=1S/C9H14O.2C8H8/c1-3-9(4-2)5-7-10-8-6-9;2*1-2-4-8-6-5-7(8)3-1/h3-4H,1-2,5-8H2;2*1-4H,5-6H2. The number of hydrogen-bond acceptors (Lipinski definition) is 1. The molecule has 0 unspecified atom stereocenters. The summed E-state index contributed by atoms with van der Waals surface area (Å²) in [4.78, 5) is 0. The van der Waals surface area contributed by atoms with Crippen molar-refractivity contribution in [3.8, 4) is 0 Å². The van der Waals surface area contributed by atoms with Gasteiger partial charge in [-0.3, -0.25) is 0 Å². The number of aryl methyl sites for hydroxylation is 4. The van der Waals surface area contributed by atoms with Crippen LogP contribution in [0.4, 0.5) is 0 Å². The summed E-state index contributed by atoms with van der Waals surface area (Å²) in [5.74, 6) is 0. The quantitative estimate of drug-likeness (QED) is 0.631. The Morgan fingerprint density at radius 2 is 1.00 bits per heavy atom. The fourth-order valence-electron chi connectivity index (χ4n) is 3.52. The van der Waals surface area contributed by atoms with E-state index in [2.05, 4.69) is 61.7 Å². The summed E-state index contributed by atoms with van der Waals surface area (Å²) >= 11 is 0. The van der Waals surface area contributed by atoms with Crippen LogP contribution in [0.2, 0.25) is 0 Å². The number of rotatable bonds is 2. The van der Waals surface area contributed by atoms with Gasteiger partial charge in [0, 0.05) is 18.6 Å². The summed E-state index contributed by atoms with van der Waals surface area (Å²) in [6.45, 7) is 9.29. The van der Waals surface area contributed by atoms with Crippen molar-refractivity contribution in [2.75, 3.05) is 13.2 Å². The van der Waals surface area contributed by atoms with E-state index in [1.807, 2.05) is 12.2 Å². The van der Waals surface area contributed by atoms with E-state index in [4.69, 9.17) is 4.74 Å². The molecule has 0 spiro atoms. The van der Waals surface area contributed by atoms with Crippen molar-refractivity contribution in [2.45, 2.75) is 38.5 Å². The minimum atomic E-state index is 0.165. The van der Waals surface area contributed by atoms with Crippen LogP contribution in [0.25, 0.3) is 0 Å². The average Bonchev–Trinajstić information content (AvgIpc) is 2.66. The van der Waals surface area contributed by atoms with Gasteiger partial charge in [0.1, 0.15) is 0 Å². The second-order valence-electron chi connectivity index (χ2n) is 7.29. The van der Waals surface area contributed by atoms with E-state index in [0.717, 1.165) is 26.1 Å². The predicted octanol–water partition coefficient (Wildman–Crippen LogP) is 5.73. The third kappa shape index (κ3) is 4.53. The van der Waals surface area contributed by atoms with Gasteiger partial charge in [0.2, 0.25) is 0 Å². The zero-order chi connectivity index (χ0) is 18.2. The Balaban J connectivity index is 0.000000114. The lowest BCUT2D eigenvalue weighted by Crippen LogP contribution is -2.24. The summed E-state index contributed by atoms with van der Waals surface area (Å²) in [6, 6.07) is 17.3. The molecular formula is C25H30O. The minimum Gasteiger partial charge on any atom is -0.381 e. The Kier molecular flexibility index (Phi) is 6.46. The van der Waals surface area contributed by atoms with Gasteiger partial charge in [0.25, 0.3) is 0 Å². The van der Waals surface area contributed by atoms with Crippen molar-refractivity contribution in [2.24, 2.45) is 5.41 Å².